The third kappa shape index (κ3) is 4.83. The highest BCUT2D eigenvalue weighted by atomic mass is 32.3. The van der Waals surface area contributed by atoms with Gasteiger partial charge in [0, 0.05) is 19.2 Å². The molecule has 1 aromatic rings. The number of urea groups is 1. The zero-order valence-electron chi connectivity index (χ0n) is 13.6. The Morgan fingerprint density at radius 3 is 2.69 bits per heavy atom. The predicted octanol–water partition coefficient (Wildman–Crippen LogP) is -1.80. The number of hydrogen-bond acceptors (Lipinski definition) is 9. The number of hydroxylamine groups is 2. The first kappa shape index (κ1) is 19.9. The van der Waals surface area contributed by atoms with Crippen molar-refractivity contribution in [1.29, 1.82) is 0 Å². The number of aromatic nitrogens is 3. The lowest BCUT2D eigenvalue weighted by Crippen LogP contribution is -2.42. The maximum absolute atomic E-state index is 12.3. The Balaban J connectivity index is 0.000000758. The van der Waals surface area contributed by atoms with E-state index < -0.39 is 16.4 Å². The molecule has 13 nitrogen and oxygen atoms in total. The zero-order valence-corrected chi connectivity index (χ0v) is 14.4. The zero-order chi connectivity index (χ0) is 19.3. The van der Waals surface area contributed by atoms with E-state index in [1.54, 1.807) is 10.9 Å². The Kier molecular flexibility index (Phi) is 6.39. The molecule has 3 heterocycles. The molecular weight excluding hydrogens is 372 g/mol. The summed E-state index contributed by atoms with van der Waals surface area (Å²) < 4.78 is 36.5. The van der Waals surface area contributed by atoms with Crippen LogP contribution < -0.4 is 5.73 Å². The van der Waals surface area contributed by atoms with E-state index in [1.165, 1.54) is 4.90 Å². The molecule has 26 heavy (non-hydrogen) atoms. The summed E-state index contributed by atoms with van der Waals surface area (Å²) in [4.78, 5) is 30.0. The van der Waals surface area contributed by atoms with E-state index in [0.29, 0.717) is 38.9 Å². The van der Waals surface area contributed by atoms with Crippen molar-refractivity contribution in [2.24, 2.45) is 5.73 Å². The summed E-state index contributed by atoms with van der Waals surface area (Å²) in [5, 5.41) is 8.74. The molecule has 2 atom stereocenters. The van der Waals surface area contributed by atoms with E-state index in [4.69, 9.17) is 19.9 Å². The molecule has 3 N–H and O–H groups in total. The maximum Gasteiger partial charge on any atom is 0.418 e. The highest BCUT2D eigenvalue weighted by Gasteiger charge is 2.47. The quantitative estimate of drug-likeness (QED) is 0.526. The summed E-state index contributed by atoms with van der Waals surface area (Å²) in [5.41, 5.74) is 6.25. The van der Waals surface area contributed by atoms with Crippen LogP contribution in [0.2, 0.25) is 0 Å². The molecular formula is C12H18N6O7S. The van der Waals surface area contributed by atoms with Crippen LogP contribution >= 0.6 is 0 Å². The van der Waals surface area contributed by atoms with Crippen LogP contribution in [-0.4, -0.2) is 75.3 Å². The van der Waals surface area contributed by atoms with Gasteiger partial charge < -0.3 is 10.6 Å². The van der Waals surface area contributed by atoms with Crippen LogP contribution in [-0.2, 0) is 37.2 Å². The van der Waals surface area contributed by atoms with E-state index in [-0.39, 0.29) is 18.2 Å². The molecule has 14 heteroatoms. The van der Waals surface area contributed by atoms with E-state index in [1.807, 2.05) is 0 Å². The topological polar surface area (TPSA) is 178 Å². The Morgan fingerprint density at radius 1 is 1.38 bits per heavy atom. The number of amides is 2. The molecule has 144 valence electrons. The third-order valence-corrected chi connectivity index (χ3v) is 4.36. The van der Waals surface area contributed by atoms with Gasteiger partial charge in [-0.05, 0) is 19.4 Å². The van der Waals surface area contributed by atoms with Gasteiger partial charge in [0.15, 0.2) is 0 Å². The Morgan fingerprint density at radius 2 is 2.08 bits per heavy atom. The SMILES string of the molecule is NCCc1cn(CC2CCC3CN2C(=O)N3OS(=O)(=O)O)nn1.O=C=O. The summed E-state index contributed by atoms with van der Waals surface area (Å²) in [6.07, 6.45) is 3.91. The number of piperidine rings is 1. The van der Waals surface area contributed by atoms with Crippen LogP contribution in [0.1, 0.15) is 18.5 Å². The molecule has 0 aliphatic carbocycles. The summed E-state index contributed by atoms with van der Waals surface area (Å²) in [6.45, 7) is 1.29. The predicted molar refractivity (Wildman–Crippen MR) is 81.2 cm³/mol. The standard InChI is InChI=1S/C11H18N6O5S.CO2/c12-4-3-8-5-15(14-13-8)6-9-1-2-10-7-16(9)11(18)17(10)22-23(19,20)21;2-1-3/h5,9-10H,1-4,6-7,12H2,(H,19,20,21);. The highest BCUT2D eigenvalue weighted by molar-refractivity contribution is 7.80. The van der Waals surface area contributed by atoms with E-state index in [0.717, 1.165) is 10.8 Å². The van der Waals surface area contributed by atoms with Crippen LogP contribution in [0.3, 0.4) is 0 Å². The molecule has 2 bridgehead atoms. The van der Waals surface area contributed by atoms with Crippen LogP contribution in [0.4, 0.5) is 4.79 Å². The lowest BCUT2D eigenvalue weighted by molar-refractivity contribution is -0.191. The van der Waals surface area contributed by atoms with Crippen molar-refractivity contribution in [2.75, 3.05) is 13.1 Å². The van der Waals surface area contributed by atoms with Crippen molar-refractivity contribution >= 4 is 22.6 Å². The minimum Gasteiger partial charge on any atom is -0.330 e. The summed E-state index contributed by atoms with van der Waals surface area (Å²) >= 11 is 0. The number of fused-ring (bicyclic) bond motifs is 2. The summed E-state index contributed by atoms with van der Waals surface area (Å²) in [7, 11) is -4.72. The first-order chi connectivity index (χ1) is 12.3. The van der Waals surface area contributed by atoms with Gasteiger partial charge in [0.2, 0.25) is 0 Å². The van der Waals surface area contributed by atoms with Crippen LogP contribution in [0.15, 0.2) is 6.20 Å². The largest absolute Gasteiger partial charge is 0.418 e. The van der Waals surface area contributed by atoms with Crippen LogP contribution in [0.5, 0.6) is 0 Å². The lowest BCUT2D eigenvalue weighted by Gasteiger charge is -2.30. The number of rotatable bonds is 6. The fourth-order valence-electron chi connectivity index (χ4n) is 3.01. The second-order valence-electron chi connectivity index (χ2n) is 5.70. The number of nitrogens with two attached hydrogens (primary N) is 1. The van der Waals surface area contributed by atoms with Crippen LogP contribution in [0.25, 0.3) is 0 Å². The molecule has 3 rings (SSSR count). The smallest absolute Gasteiger partial charge is 0.330 e. The average molecular weight is 390 g/mol. The fraction of sp³-hybridized carbons (Fsp3) is 0.667. The van der Waals surface area contributed by atoms with Gasteiger partial charge in [-0.15, -0.1) is 9.38 Å². The lowest BCUT2D eigenvalue weighted by atomic mass is 10.0. The summed E-state index contributed by atoms with van der Waals surface area (Å²) in [6, 6.07) is -1.09. The van der Waals surface area contributed by atoms with Gasteiger partial charge in [-0.3, -0.25) is 9.23 Å². The number of nitrogens with zero attached hydrogens (tertiary/aromatic N) is 5. The van der Waals surface area contributed by atoms with Crippen LogP contribution in [0, 0.1) is 0 Å². The monoisotopic (exact) mass is 390 g/mol. The summed E-state index contributed by atoms with van der Waals surface area (Å²) in [5.74, 6) is 0. The van der Waals surface area contributed by atoms with E-state index in [2.05, 4.69) is 14.6 Å². The average Bonchev–Trinajstić information content (AvgIpc) is 3.08. The third-order valence-electron chi connectivity index (χ3n) is 4.01. The second-order valence-corrected chi connectivity index (χ2v) is 6.71. The van der Waals surface area contributed by atoms with Crippen molar-refractivity contribution in [3.05, 3.63) is 11.9 Å². The molecule has 0 saturated carbocycles. The van der Waals surface area contributed by atoms with Gasteiger partial charge in [-0.25, -0.2) is 4.79 Å². The number of carbonyl (C=O) groups is 1. The Labute approximate surface area is 148 Å². The first-order valence-electron chi connectivity index (χ1n) is 7.64. The molecule has 0 radical (unpaired) electrons. The second kappa shape index (κ2) is 8.33. The Hall–Kier alpha value is -2.38. The van der Waals surface area contributed by atoms with E-state index >= 15 is 0 Å². The molecule has 2 aliphatic heterocycles. The molecule has 2 unspecified atom stereocenters. The van der Waals surface area contributed by atoms with Crippen molar-refractivity contribution in [1.82, 2.24) is 25.0 Å². The molecule has 2 aliphatic rings. The normalized spacial score (nSPS) is 22.0. The van der Waals surface area contributed by atoms with Gasteiger partial charge in [-0.1, -0.05) is 5.21 Å². The number of hydrogen-bond donors (Lipinski definition) is 2. The van der Waals surface area contributed by atoms with Gasteiger partial charge in [0.25, 0.3) is 0 Å². The fourth-order valence-corrected chi connectivity index (χ4v) is 3.40. The van der Waals surface area contributed by atoms with Crippen molar-refractivity contribution in [3.8, 4) is 0 Å². The van der Waals surface area contributed by atoms with E-state index in [9.17, 15) is 13.2 Å². The van der Waals surface area contributed by atoms with Gasteiger partial charge in [0.1, 0.15) is 0 Å². The van der Waals surface area contributed by atoms with Crippen molar-refractivity contribution in [2.45, 2.75) is 37.9 Å². The first-order valence-corrected chi connectivity index (χ1v) is 9.00. The molecule has 0 spiro atoms. The molecule has 2 amide bonds. The minimum atomic E-state index is -4.72. The maximum atomic E-state index is 12.3. The molecule has 1 aromatic heterocycles. The van der Waals surface area contributed by atoms with Gasteiger partial charge in [-0.2, -0.15) is 23.1 Å². The van der Waals surface area contributed by atoms with Crippen molar-refractivity contribution < 1.29 is 31.6 Å². The Bertz CT molecular complexity index is 775. The number of carbonyl (C=O) groups excluding carboxylic acids is 3. The van der Waals surface area contributed by atoms with Gasteiger partial charge in [0.05, 0.1) is 24.3 Å². The minimum absolute atomic E-state index is 0.138. The highest BCUT2D eigenvalue weighted by Crippen LogP contribution is 2.31. The molecule has 0 aromatic carbocycles. The van der Waals surface area contributed by atoms with Crippen molar-refractivity contribution in [3.63, 3.8) is 0 Å². The van der Waals surface area contributed by atoms with Gasteiger partial charge >= 0.3 is 22.6 Å². The molecule has 2 fully saturated rings. The molecule has 2 saturated heterocycles.